The molecule has 0 heterocycles. The number of ether oxygens (including phenoxy) is 1. The molecule has 2 aromatic rings. The Balaban J connectivity index is 2.54. The summed E-state index contributed by atoms with van der Waals surface area (Å²) in [5.74, 6) is 6.59. The number of aryl methyl sites for hydroxylation is 1. The first-order chi connectivity index (χ1) is 9.55. The smallest absolute Gasteiger partial charge is 0.124 e. The van der Waals surface area contributed by atoms with Crippen molar-refractivity contribution in [1.29, 1.82) is 0 Å². The molecule has 20 heavy (non-hydrogen) atoms. The van der Waals surface area contributed by atoms with Crippen LogP contribution in [0, 0.1) is 6.92 Å². The summed E-state index contributed by atoms with van der Waals surface area (Å²) in [7, 11) is 1.67. The summed E-state index contributed by atoms with van der Waals surface area (Å²) in [5.41, 5.74) is 6.10. The van der Waals surface area contributed by atoms with Crippen LogP contribution >= 0.6 is 31.9 Å². The van der Waals surface area contributed by atoms with Crippen LogP contribution in [0.25, 0.3) is 0 Å². The zero-order valence-electron chi connectivity index (χ0n) is 11.3. The third kappa shape index (κ3) is 3.41. The standard InChI is InChI=1S/C15H16Br2N2O/c1-9-3-4-14(20-2)13(5-9)15(19-18)10-6-11(16)8-12(17)7-10/h3-8,15,19H,18H2,1-2H3. The molecule has 0 aromatic heterocycles. The van der Waals surface area contributed by atoms with Crippen LogP contribution in [0.4, 0.5) is 0 Å². The van der Waals surface area contributed by atoms with E-state index in [1.807, 2.05) is 37.3 Å². The minimum atomic E-state index is -0.140. The summed E-state index contributed by atoms with van der Waals surface area (Å²) in [6, 6.07) is 12.0. The molecule has 0 aliphatic heterocycles. The van der Waals surface area contributed by atoms with Crippen molar-refractivity contribution < 1.29 is 4.74 Å². The first-order valence-corrected chi connectivity index (χ1v) is 7.70. The van der Waals surface area contributed by atoms with E-state index in [0.717, 1.165) is 31.4 Å². The molecule has 5 heteroatoms. The highest BCUT2D eigenvalue weighted by atomic mass is 79.9. The van der Waals surface area contributed by atoms with Gasteiger partial charge in [-0.05, 0) is 36.8 Å². The Hall–Kier alpha value is -0.880. The van der Waals surface area contributed by atoms with Crippen molar-refractivity contribution in [2.45, 2.75) is 13.0 Å². The third-order valence-corrected chi connectivity index (χ3v) is 4.00. The Morgan fingerprint density at radius 3 is 2.30 bits per heavy atom. The van der Waals surface area contributed by atoms with E-state index in [4.69, 9.17) is 10.6 Å². The fourth-order valence-electron chi connectivity index (χ4n) is 2.19. The van der Waals surface area contributed by atoms with Gasteiger partial charge in [0.25, 0.3) is 0 Å². The molecule has 2 aromatic carbocycles. The number of rotatable bonds is 4. The monoisotopic (exact) mass is 398 g/mol. The average molecular weight is 400 g/mol. The van der Waals surface area contributed by atoms with E-state index in [2.05, 4.69) is 43.4 Å². The first kappa shape index (κ1) is 15.5. The highest BCUT2D eigenvalue weighted by Crippen LogP contribution is 2.33. The quantitative estimate of drug-likeness (QED) is 0.601. The lowest BCUT2D eigenvalue weighted by Gasteiger charge is -2.20. The molecule has 1 unspecified atom stereocenters. The van der Waals surface area contributed by atoms with Crippen molar-refractivity contribution in [3.8, 4) is 5.75 Å². The fourth-order valence-corrected chi connectivity index (χ4v) is 3.52. The number of hydrogen-bond donors (Lipinski definition) is 2. The Kier molecular flexibility index (Phi) is 5.21. The normalized spacial score (nSPS) is 12.2. The van der Waals surface area contributed by atoms with E-state index < -0.39 is 0 Å². The molecule has 106 valence electrons. The lowest BCUT2D eigenvalue weighted by atomic mass is 9.97. The lowest BCUT2D eigenvalue weighted by Crippen LogP contribution is -2.29. The van der Waals surface area contributed by atoms with Crippen molar-refractivity contribution >= 4 is 31.9 Å². The zero-order chi connectivity index (χ0) is 14.7. The maximum Gasteiger partial charge on any atom is 0.124 e. The van der Waals surface area contributed by atoms with Crippen molar-refractivity contribution in [1.82, 2.24) is 5.43 Å². The fraction of sp³-hybridized carbons (Fsp3) is 0.200. The van der Waals surface area contributed by atoms with Crippen LogP contribution < -0.4 is 16.0 Å². The number of hydrogen-bond acceptors (Lipinski definition) is 3. The molecule has 0 radical (unpaired) electrons. The van der Waals surface area contributed by atoms with Crippen molar-refractivity contribution in [2.24, 2.45) is 5.84 Å². The van der Waals surface area contributed by atoms with Gasteiger partial charge in [-0.3, -0.25) is 5.84 Å². The minimum Gasteiger partial charge on any atom is -0.496 e. The van der Waals surface area contributed by atoms with Gasteiger partial charge in [0.2, 0.25) is 0 Å². The van der Waals surface area contributed by atoms with E-state index in [0.29, 0.717) is 0 Å². The lowest BCUT2D eigenvalue weighted by molar-refractivity contribution is 0.404. The van der Waals surface area contributed by atoms with Gasteiger partial charge in [-0.1, -0.05) is 49.6 Å². The van der Waals surface area contributed by atoms with Gasteiger partial charge in [0.1, 0.15) is 5.75 Å². The molecule has 0 saturated carbocycles. The van der Waals surface area contributed by atoms with E-state index in [1.165, 1.54) is 0 Å². The Bertz CT molecular complexity index is 597. The van der Waals surface area contributed by atoms with Crippen molar-refractivity contribution in [3.05, 3.63) is 62.0 Å². The summed E-state index contributed by atoms with van der Waals surface area (Å²) in [4.78, 5) is 0. The van der Waals surface area contributed by atoms with Gasteiger partial charge >= 0.3 is 0 Å². The Morgan fingerprint density at radius 2 is 1.75 bits per heavy atom. The molecular weight excluding hydrogens is 384 g/mol. The number of hydrazine groups is 1. The highest BCUT2D eigenvalue weighted by Gasteiger charge is 2.18. The van der Waals surface area contributed by atoms with Crippen LogP contribution in [0.3, 0.4) is 0 Å². The van der Waals surface area contributed by atoms with Crippen molar-refractivity contribution in [3.63, 3.8) is 0 Å². The van der Waals surface area contributed by atoms with Gasteiger partial charge < -0.3 is 4.74 Å². The average Bonchev–Trinajstić information content (AvgIpc) is 2.39. The van der Waals surface area contributed by atoms with Gasteiger partial charge in [0.15, 0.2) is 0 Å². The molecule has 0 fully saturated rings. The second kappa shape index (κ2) is 6.72. The van der Waals surface area contributed by atoms with Crippen LogP contribution in [-0.4, -0.2) is 7.11 Å². The predicted octanol–water partition coefficient (Wildman–Crippen LogP) is 4.08. The number of halogens is 2. The Morgan fingerprint density at radius 1 is 1.10 bits per heavy atom. The van der Waals surface area contributed by atoms with Crippen LogP contribution in [0.15, 0.2) is 45.3 Å². The van der Waals surface area contributed by atoms with Gasteiger partial charge in [0.05, 0.1) is 13.2 Å². The van der Waals surface area contributed by atoms with Crippen LogP contribution in [0.2, 0.25) is 0 Å². The molecule has 3 nitrogen and oxygen atoms in total. The number of nitrogens with two attached hydrogens (primary N) is 1. The van der Waals surface area contributed by atoms with E-state index >= 15 is 0 Å². The van der Waals surface area contributed by atoms with Crippen LogP contribution in [0.5, 0.6) is 5.75 Å². The molecule has 3 N–H and O–H groups in total. The molecule has 0 spiro atoms. The molecule has 0 aliphatic rings. The topological polar surface area (TPSA) is 47.3 Å². The molecule has 0 bridgehead atoms. The number of methoxy groups -OCH3 is 1. The van der Waals surface area contributed by atoms with Gasteiger partial charge in [-0.25, -0.2) is 5.43 Å². The summed E-state index contributed by atoms with van der Waals surface area (Å²) in [6.07, 6.45) is 0. The van der Waals surface area contributed by atoms with E-state index in [1.54, 1.807) is 7.11 Å². The van der Waals surface area contributed by atoms with E-state index in [-0.39, 0.29) is 6.04 Å². The minimum absolute atomic E-state index is 0.140. The SMILES string of the molecule is COc1ccc(C)cc1C(NN)c1cc(Br)cc(Br)c1. The summed E-state index contributed by atoms with van der Waals surface area (Å²) in [6.45, 7) is 2.05. The Labute approximate surface area is 135 Å². The predicted molar refractivity (Wildman–Crippen MR) is 88.7 cm³/mol. The molecular formula is C15H16Br2N2O. The summed E-state index contributed by atoms with van der Waals surface area (Å²) >= 11 is 7.01. The second-order valence-corrected chi connectivity index (χ2v) is 6.38. The van der Waals surface area contributed by atoms with Gasteiger partial charge in [-0.2, -0.15) is 0 Å². The summed E-state index contributed by atoms with van der Waals surface area (Å²) in [5, 5.41) is 0. The highest BCUT2D eigenvalue weighted by molar-refractivity contribution is 9.11. The van der Waals surface area contributed by atoms with Gasteiger partial charge in [-0.15, -0.1) is 0 Å². The maximum atomic E-state index is 5.77. The largest absolute Gasteiger partial charge is 0.496 e. The molecule has 0 saturated heterocycles. The number of benzene rings is 2. The number of nitrogens with one attached hydrogen (secondary N) is 1. The van der Waals surface area contributed by atoms with Gasteiger partial charge in [0, 0.05) is 14.5 Å². The summed E-state index contributed by atoms with van der Waals surface area (Å²) < 4.78 is 7.43. The zero-order valence-corrected chi connectivity index (χ0v) is 14.5. The third-order valence-electron chi connectivity index (χ3n) is 3.08. The van der Waals surface area contributed by atoms with Crippen LogP contribution in [0.1, 0.15) is 22.7 Å². The molecule has 0 aliphatic carbocycles. The van der Waals surface area contributed by atoms with E-state index in [9.17, 15) is 0 Å². The molecule has 2 rings (SSSR count). The molecule has 1 atom stereocenters. The second-order valence-electron chi connectivity index (χ2n) is 4.55. The van der Waals surface area contributed by atoms with Crippen LogP contribution in [-0.2, 0) is 0 Å². The molecule has 0 amide bonds. The maximum absolute atomic E-state index is 5.77. The van der Waals surface area contributed by atoms with Crippen molar-refractivity contribution in [2.75, 3.05) is 7.11 Å². The first-order valence-electron chi connectivity index (χ1n) is 6.12.